The third kappa shape index (κ3) is 3.86. The quantitative estimate of drug-likeness (QED) is 0.819. The first-order valence-electron chi connectivity index (χ1n) is 9.06. The first kappa shape index (κ1) is 16.3. The number of fused-ring (bicyclic) bond motifs is 2. The van der Waals surface area contributed by atoms with Crippen LogP contribution in [0.2, 0.25) is 0 Å². The number of hydrogen-bond donors (Lipinski definition) is 1. The van der Waals surface area contributed by atoms with E-state index in [0.717, 1.165) is 56.7 Å². The number of carbonyl (C=O) groups is 1. The largest absolute Gasteiger partial charge is 0.494 e. The Balaban J connectivity index is 1.61. The molecule has 2 saturated heterocycles. The van der Waals surface area contributed by atoms with E-state index in [0.29, 0.717) is 12.1 Å². The second kappa shape index (κ2) is 7.82. The molecule has 1 N–H and O–H groups in total. The molecule has 2 fully saturated rings. The van der Waals surface area contributed by atoms with Crippen molar-refractivity contribution >= 4 is 5.91 Å². The Bertz CT molecular complexity index is 501. The lowest BCUT2D eigenvalue weighted by atomic mass is 10.1. The maximum absolute atomic E-state index is 12.9. The molecule has 0 saturated carbocycles. The zero-order chi connectivity index (χ0) is 16.1. The lowest BCUT2D eigenvalue weighted by Gasteiger charge is -2.28. The van der Waals surface area contributed by atoms with E-state index >= 15 is 0 Å². The van der Waals surface area contributed by atoms with E-state index in [1.54, 1.807) is 0 Å². The summed E-state index contributed by atoms with van der Waals surface area (Å²) >= 11 is 0. The van der Waals surface area contributed by atoms with Crippen LogP contribution in [0.5, 0.6) is 5.75 Å². The molecular formula is C19H28N2O2. The molecular weight excluding hydrogens is 288 g/mol. The number of amides is 1. The van der Waals surface area contributed by atoms with Gasteiger partial charge in [0.25, 0.3) is 5.91 Å². The summed E-state index contributed by atoms with van der Waals surface area (Å²) in [6, 6.07) is 8.45. The molecule has 0 aromatic heterocycles. The Hall–Kier alpha value is -1.55. The highest BCUT2D eigenvalue weighted by molar-refractivity contribution is 5.95. The summed E-state index contributed by atoms with van der Waals surface area (Å²) in [5.41, 5.74) is 0.782. The summed E-state index contributed by atoms with van der Waals surface area (Å²) in [7, 11) is 0. The van der Waals surface area contributed by atoms with Crippen LogP contribution in [0.4, 0.5) is 0 Å². The summed E-state index contributed by atoms with van der Waals surface area (Å²) < 4.78 is 5.73. The van der Waals surface area contributed by atoms with Crippen molar-refractivity contribution in [3.05, 3.63) is 29.8 Å². The van der Waals surface area contributed by atoms with Crippen molar-refractivity contribution in [3.8, 4) is 5.75 Å². The van der Waals surface area contributed by atoms with Gasteiger partial charge in [0.15, 0.2) is 0 Å². The fraction of sp³-hybridized carbons (Fsp3) is 0.632. The maximum atomic E-state index is 12.9. The summed E-state index contributed by atoms with van der Waals surface area (Å²) in [5.74, 6) is 1.04. The van der Waals surface area contributed by atoms with Crippen molar-refractivity contribution in [2.75, 3.05) is 19.7 Å². The topological polar surface area (TPSA) is 41.6 Å². The molecule has 2 aliphatic heterocycles. The maximum Gasteiger partial charge on any atom is 0.254 e. The number of nitrogens with zero attached hydrogens (tertiary/aromatic N) is 1. The molecule has 2 unspecified atom stereocenters. The minimum absolute atomic E-state index is 0.179. The first-order valence-corrected chi connectivity index (χ1v) is 9.06. The molecule has 0 spiro atoms. The predicted molar refractivity (Wildman–Crippen MR) is 91.9 cm³/mol. The molecule has 4 heteroatoms. The van der Waals surface area contributed by atoms with E-state index in [1.807, 2.05) is 24.3 Å². The highest BCUT2D eigenvalue weighted by atomic mass is 16.5. The highest BCUT2D eigenvalue weighted by Crippen LogP contribution is 2.29. The van der Waals surface area contributed by atoms with Gasteiger partial charge in [0, 0.05) is 24.2 Å². The predicted octanol–water partition coefficient (Wildman–Crippen LogP) is 3.22. The van der Waals surface area contributed by atoms with E-state index in [2.05, 4.69) is 17.1 Å². The molecule has 2 heterocycles. The van der Waals surface area contributed by atoms with Crippen molar-refractivity contribution < 1.29 is 9.53 Å². The molecule has 2 aliphatic rings. The number of ether oxygens (including phenoxy) is 1. The standard InChI is InChI=1S/C19H28N2O2/c1-2-3-4-13-23-18-9-5-15(6-10-18)19(22)21-16-7-8-17(21)14-20-12-11-16/h5-6,9-10,16-17,20H,2-4,7-8,11-14H2,1H3. The minimum Gasteiger partial charge on any atom is -0.494 e. The molecule has 2 bridgehead atoms. The van der Waals surface area contributed by atoms with Crippen LogP contribution in [0.15, 0.2) is 24.3 Å². The van der Waals surface area contributed by atoms with E-state index in [1.165, 1.54) is 12.8 Å². The SMILES string of the molecule is CCCCCOc1ccc(C(=O)N2C3CCNCC2CC3)cc1. The van der Waals surface area contributed by atoms with E-state index in [4.69, 9.17) is 4.74 Å². The molecule has 1 amide bonds. The monoisotopic (exact) mass is 316 g/mol. The van der Waals surface area contributed by atoms with Gasteiger partial charge in [0.2, 0.25) is 0 Å². The summed E-state index contributed by atoms with van der Waals surface area (Å²) in [6.07, 6.45) is 6.83. The molecule has 4 nitrogen and oxygen atoms in total. The van der Waals surface area contributed by atoms with Gasteiger partial charge >= 0.3 is 0 Å². The van der Waals surface area contributed by atoms with Crippen LogP contribution < -0.4 is 10.1 Å². The fourth-order valence-electron chi connectivity index (χ4n) is 3.70. The third-order valence-electron chi connectivity index (χ3n) is 5.01. The number of rotatable bonds is 6. The van der Waals surface area contributed by atoms with Crippen molar-refractivity contribution in [2.24, 2.45) is 0 Å². The third-order valence-corrected chi connectivity index (χ3v) is 5.01. The van der Waals surface area contributed by atoms with Gasteiger partial charge in [-0.2, -0.15) is 0 Å². The second-order valence-corrected chi connectivity index (χ2v) is 6.67. The van der Waals surface area contributed by atoms with Crippen molar-refractivity contribution in [3.63, 3.8) is 0 Å². The smallest absolute Gasteiger partial charge is 0.254 e. The van der Waals surface area contributed by atoms with Crippen molar-refractivity contribution in [1.29, 1.82) is 0 Å². The summed E-state index contributed by atoms with van der Waals surface area (Å²) in [5, 5.41) is 3.44. The van der Waals surface area contributed by atoms with Gasteiger partial charge in [-0.15, -0.1) is 0 Å². The normalized spacial score (nSPS) is 23.6. The Morgan fingerprint density at radius 2 is 1.96 bits per heavy atom. The van der Waals surface area contributed by atoms with Gasteiger partial charge in [-0.1, -0.05) is 19.8 Å². The van der Waals surface area contributed by atoms with E-state index in [-0.39, 0.29) is 5.91 Å². The molecule has 0 radical (unpaired) electrons. The lowest BCUT2D eigenvalue weighted by molar-refractivity contribution is 0.0680. The minimum atomic E-state index is 0.179. The average molecular weight is 316 g/mol. The van der Waals surface area contributed by atoms with Crippen LogP contribution in [0.1, 0.15) is 55.8 Å². The molecule has 126 valence electrons. The Morgan fingerprint density at radius 1 is 1.17 bits per heavy atom. The van der Waals surface area contributed by atoms with Gasteiger partial charge in [-0.3, -0.25) is 4.79 Å². The first-order chi connectivity index (χ1) is 11.3. The van der Waals surface area contributed by atoms with Crippen LogP contribution in [0, 0.1) is 0 Å². The van der Waals surface area contributed by atoms with Crippen LogP contribution in [0.25, 0.3) is 0 Å². The van der Waals surface area contributed by atoms with Crippen molar-refractivity contribution in [2.45, 2.75) is 57.5 Å². The van der Waals surface area contributed by atoms with Crippen LogP contribution in [-0.2, 0) is 0 Å². The molecule has 0 aliphatic carbocycles. The van der Waals surface area contributed by atoms with E-state index < -0.39 is 0 Å². The zero-order valence-electron chi connectivity index (χ0n) is 14.1. The number of benzene rings is 1. The number of hydrogen-bond acceptors (Lipinski definition) is 3. The second-order valence-electron chi connectivity index (χ2n) is 6.67. The Labute approximate surface area is 139 Å². The molecule has 23 heavy (non-hydrogen) atoms. The summed E-state index contributed by atoms with van der Waals surface area (Å²) in [6.45, 7) is 4.89. The van der Waals surface area contributed by atoms with Gasteiger partial charge < -0.3 is 15.0 Å². The highest BCUT2D eigenvalue weighted by Gasteiger charge is 2.38. The molecule has 3 rings (SSSR count). The zero-order valence-corrected chi connectivity index (χ0v) is 14.1. The van der Waals surface area contributed by atoms with Gasteiger partial charge in [-0.25, -0.2) is 0 Å². The number of carbonyl (C=O) groups excluding carboxylic acids is 1. The van der Waals surface area contributed by atoms with Gasteiger partial charge in [-0.05, 0) is 56.5 Å². The average Bonchev–Trinajstić information content (AvgIpc) is 2.84. The van der Waals surface area contributed by atoms with Gasteiger partial charge in [0.1, 0.15) is 5.75 Å². The Morgan fingerprint density at radius 3 is 2.74 bits per heavy atom. The van der Waals surface area contributed by atoms with Crippen molar-refractivity contribution in [1.82, 2.24) is 10.2 Å². The van der Waals surface area contributed by atoms with Crippen LogP contribution >= 0.6 is 0 Å². The Kier molecular flexibility index (Phi) is 5.55. The fourth-order valence-corrected chi connectivity index (χ4v) is 3.70. The molecule has 1 aromatic carbocycles. The lowest BCUT2D eigenvalue weighted by Crippen LogP contribution is -2.42. The van der Waals surface area contributed by atoms with E-state index in [9.17, 15) is 4.79 Å². The van der Waals surface area contributed by atoms with Crippen LogP contribution in [-0.4, -0.2) is 42.6 Å². The number of unbranched alkanes of at least 4 members (excludes halogenated alkanes) is 2. The number of nitrogens with one attached hydrogen (secondary N) is 1. The summed E-state index contributed by atoms with van der Waals surface area (Å²) in [4.78, 5) is 15.0. The molecule has 1 aromatic rings. The van der Waals surface area contributed by atoms with Crippen LogP contribution in [0.3, 0.4) is 0 Å². The molecule has 2 atom stereocenters. The van der Waals surface area contributed by atoms with Gasteiger partial charge in [0.05, 0.1) is 6.61 Å².